The fourth-order valence-corrected chi connectivity index (χ4v) is 3.61. The van der Waals surface area contributed by atoms with Gasteiger partial charge in [-0.05, 0) is 56.5 Å². The van der Waals surface area contributed by atoms with Crippen LogP contribution in [-0.4, -0.2) is 43.1 Å². The number of aryl methyl sites for hydroxylation is 1. The number of aromatic amines is 1. The largest absolute Gasteiger partial charge is 0.484 e. The van der Waals surface area contributed by atoms with Crippen LogP contribution in [0.1, 0.15) is 30.7 Å². The highest BCUT2D eigenvalue weighted by atomic mass is 127. The molecule has 178 valence electrons. The van der Waals surface area contributed by atoms with Crippen molar-refractivity contribution in [2.45, 2.75) is 33.7 Å². The number of ether oxygens (including phenoxy) is 1. The minimum absolute atomic E-state index is 0. The lowest BCUT2D eigenvalue weighted by molar-refractivity contribution is -0.122. The first kappa shape index (κ1) is 26.5. The molecule has 1 amide bonds. The van der Waals surface area contributed by atoms with Gasteiger partial charge in [-0.25, -0.2) is 4.99 Å². The van der Waals surface area contributed by atoms with Gasteiger partial charge in [0, 0.05) is 36.2 Å². The zero-order valence-electron chi connectivity index (χ0n) is 19.5. The summed E-state index contributed by atoms with van der Waals surface area (Å²) in [4.78, 5) is 19.8. The van der Waals surface area contributed by atoms with Crippen molar-refractivity contribution in [1.29, 1.82) is 0 Å². The van der Waals surface area contributed by atoms with Gasteiger partial charge in [-0.15, -0.1) is 24.0 Å². The average molecular weight is 563 g/mol. The van der Waals surface area contributed by atoms with Gasteiger partial charge in [-0.2, -0.15) is 0 Å². The second kappa shape index (κ2) is 13.7. The molecule has 0 aliphatic rings. The second-order valence-corrected chi connectivity index (χ2v) is 7.54. The Bertz CT molecular complexity index is 1060. The molecule has 0 fully saturated rings. The van der Waals surface area contributed by atoms with E-state index in [1.807, 2.05) is 31.2 Å². The maximum Gasteiger partial charge on any atom is 0.257 e. The number of rotatable bonds is 10. The number of likely N-dealkylation sites (N-methyl/N-ethyl adjacent to an activating group) is 1. The molecule has 0 spiro atoms. The van der Waals surface area contributed by atoms with E-state index >= 15 is 0 Å². The summed E-state index contributed by atoms with van der Waals surface area (Å²) in [6.07, 6.45) is 0.906. The molecular weight excluding hydrogens is 529 g/mol. The van der Waals surface area contributed by atoms with E-state index in [2.05, 4.69) is 59.0 Å². The van der Waals surface area contributed by atoms with Crippen molar-refractivity contribution in [3.05, 3.63) is 65.4 Å². The van der Waals surface area contributed by atoms with Crippen LogP contribution in [0.5, 0.6) is 5.75 Å². The zero-order chi connectivity index (χ0) is 22.8. The Hall–Kier alpha value is -2.75. The molecule has 0 saturated carbocycles. The quantitative estimate of drug-likeness (QED) is 0.171. The van der Waals surface area contributed by atoms with Crippen molar-refractivity contribution in [1.82, 2.24) is 20.9 Å². The molecular formula is C25H34IN5O2. The lowest BCUT2D eigenvalue weighted by atomic mass is 10.1. The summed E-state index contributed by atoms with van der Waals surface area (Å²) in [6, 6.07) is 16.1. The van der Waals surface area contributed by atoms with Crippen molar-refractivity contribution < 1.29 is 9.53 Å². The molecule has 1 heterocycles. The number of hydrogen-bond acceptors (Lipinski definition) is 3. The maximum atomic E-state index is 11.6. The number of hydrogen-bond donors (Lipinski definition) is 4. The summed E-state index contributed by atoms with van der Waals surface area (Å²) in [5.41, 5.74) is 4.73. The van der Waals surface area contributed by atoms with E-state index in [0.717, 1.165) is 31.0 Å². The van der Waals surface area contributed by atoms with Gasteiger partial charge in [0.2, 0.25) is 0 Å². The van der Waals surface area contributed by atoms with E-state index in [1.165, 1.54) is 22.2 Å². The van der Waals surface area contributed by atoms with Crippen LogP contribution < -0.4 is 20.7 Å². The van der Waals surface area contributed by atoms with Crippen molar-refractivity contribution in [2.75, 3.05) is 26.2 Å². The van der Waals surface area contributed by atoms with Crippen LogP contribution in [-0.2, 0) is 17.8 Å². The molecule has 3 aromatic rings. The van der Waals surface area contributed by atoms with Crippen LogP contribution in [0.25, 0.3) is 10.9 Å². The highest BCUT2D eigenvalue weighted by Crippen LogP contribution is 2.21. The molecule has 7 nitrogen and oxygen atoms in total. The first-order valence-corrected chi connectivity index (χ1v) is 11.2. The number of benzene rings is 2. The van der Waals surface area contributed by atoms with Gasteiger partial charge < -0.3 is 25.7 Å². The Kier molecular flexibility index (Phi) is 11.0. The number of para-hydroxylation sites is 1. The van der Waals surface area contributed by atoms with Gasteiger partial charge in [0.1, 0.15) is 5.75 Å². The Morgan fingerprint density at radius 2 is 1.82 bits per heavy atom. The summed E-state index contributed by atoms with van der Waals surface area (Å²) in [5.74, 6) is 1.32. The summed E-state index contributed by atoms with van der Waals surface area (Å²) < 4.78 is 5.57. The number of guanidine groups is 1. The second-order valence-electron chi connectivity index (χ2n) is 7.54. The standard InChI is InChI=1S/C25H33N5O2.HI/c1-4-26-24(31)17-32-20-10-8-9-19(15-20)16-29-25(27-5-2)28-14-13-21-18(3)30-23-12-7-6-11-22(21)23;/h6-12,15,30H,4-5,13-14,16-17H2,1-3H3,(H,26,31)(H2,27,28,29);1H. The van der Waals surface area contributed by atoms with Gasteiger partial charge in [-0.1, -0.05) is 30.3 Å². The van der Waals surface area contributed by atoms with Crippen LogP contribution in [0.2, 0.25) is 0 Å². The molecule has 0 saturated heterocycles. The molecule has 0 atom stereocenters. The Morgan fingerprint density at radius 1 is 1.03 bits per heavy atom. The molecule has 0 unspecified atom stereocenters. The molecule has 2 aromatic carbocycles. The topological polar surface area (TPSA) is 90.5 Å². The van der Waals surface area contributed by atoms with E-state index in [9.17, 15) is 4.79 Å². The van der Waals surface area contributed by atoms with E-state index in [1.54, 1.807) is 0 Å². The normalized spacial score (nSPS) is 11.1. The molecule has 0 radical (unpaired) electrons. The highest BCUT2D eigenvalue weighted by Gasteiger charge is 2.08. The van der Waals surface area contributed by atoms with Crippen LogP contribution in [0.4, 0.5) is 0 Å². The predicted octanol–water partition coefficient (Wildman–Crippen LogP) is 3.91. The summed E-state index contributed by atoms with van der Waals surface area (Å²) in [7, 11) is 0. The molecule has 3 rings (SSSR count). The van der Waals surface area contributed by atoms with E-state index in [4.69, 9.17) is 9.73 Å². The zero-order valence-corrected chi connectivity index (χ0v) is 21.9. The van der Waals surface area contributed by atoms with Gasteiger partial charge in [0.15, 0.2) is 12.6 Å². The van der Waals surface area contributed by atoms with Crippen LogP contribution >= 0.6 is 24.0 Å². The lowest BCUT2D eigenvalue weighted by Gasteiger charge is -2.12. The Morgan fingerprint density at radius 3 is 2.61 bits per heavy atom. The number of carbonyl (C=O) groups excluding carboxylic acids is 1. The number of aliphatic imine (C=N–C) groups is 1. The fourth-order valence-electron chi connectivity index (χ4n) is 3.61. The third-order valence-corrected chi connectivity index (χ3v) is 5.10. The molecule has 1 aromatic heterocycles. The predicted molar refractivity (Wildman–Crippen MR) is 146 cm³/mol. The molecule has 0 bridgehead atoms. The number of carbonyl (C=O) groups is 1. The maximum absolute atomic E-state index is 11.6. The van der Waals surface area contributed by atoms with Gasteiger partial charge >= 0.3 is 0 Å². The lowest BCUT2D eigenvalue weighted by Crippen LogP contribution is -2.38. The smallest absolute Gasteiger partial charge is 0.257 e. The number of H-pyrrole nitrogens is 1. The first-order valence-electron chi connectivity index (χ1n) is 11.2. The molecule has 4 N–H and O–H groups in total. The SMILES string of the molecule is CCNC(=O)COc1cccc(CN=C(NCC)NCCc2c(C)[nH]c3ccccc23)c1.I. The van der Waals surface area contributed by atoms with Crippen molar-refractivity contribution in [3.8, 4) is 5.75 Å². The number of halogens is 1. The van der Waals surface area contributed by atoms with Crippen LogP contribution in [0.3, 0.4) is 0 Å². The number of aromatic nitrogens is 1. The van der Waals surface area contributed by atoms with Gasteiger partial charge in [-0.3, -0.25) is 4.79 Å². The highest BCUT2D eigenvalue weighted by molar-refractivity contribution is 14.0. The van der Waals surface area contributed by atoms with Crippen molar-refractivity contribution >= 4 is 46.7 Å². The van der Waals surface area contributed by atoms with E-state index in [0.29, 0.717) is 18.8 Å². The molecule has 33 heavy (non-hydrogen) atoms. The number of amides is 1. The Labute approximate surface area is 212 Å². The third-order valence-electron chi connectivity index (χ3n) is 5.10. The number of nitrogens with zero attached hydrogens (tertiary/aromatic N) is 1. The van der Waals surface area contributed by atoms with Crippen LogP contribution in [0.15, 0.2) is 53.5 Å². The minimum atomic E-state index is -0.125. The number of nitrogens with one attached hydrogen (secondary N) is 4. The molecule has 8 heteroatoms. The summed E-state index contributed by atoms with van der Waals surface area (Å²) in [6.45, 7) is 8.74. The molecule has 0 aliphatic carbocycles. The van der Waals surface area contributed by atoms with Gasteiger partial charge in [0.25, 0.3) is 5.91 Å². The summed E-state index contributed by atoms with van der Waals surface area (Å²) >= 11 is 0. The number of fused-ring (bicyclic) bond motifs is 1. The van der Waals surface area contributed by atoms with Crippen LogP contribution in [0, 0.1) is 6.92 Å². The molecule has 0 aliphatic heterocycles. The van der Waals surface area contributed by atoms with E-state index in [-0.39, 0.29) is 36.5 Å². The van der Waals surface area contributed by atoms with E-state index < -0.39 is 0 Å². The first-order chi connectivity index (χ1) is 15.6. The van der Waals surface area contributed by atoms with Crippen molar-refractivity contribution in [2.24, 2.45) is 4.99 Å². The summed E-state index contributed by atoms with van der Waals surface area (Å²) in [5, 5.41) is 10.7. The Balaban J connectivity index is 0.00000385. The minimum Gasteiger partial charge on any atom is -0.484 e. The fraction of sp³-hybridized carbons (Fsp3) is 0.360. The van der Waals surface area contributed by atoms with Crippen molar-refractivity contribution in [3.63, 3.8) is 0 Å². The van der Waals surface area contributed by atoms with Gasteiger partial charge in [0.05, 0.1) is 6.54 Å². The third kappa shape index (κ3) is 7.96. The average Bonchev–Trinajstić information content (AvgIpc) is 3.11. The monoisotopic (exact) mass is 563 g/mol.